The van der Waals surface area contributed by atoms with Gasteiger partial charge in [-0.3, -0.25) is 14.5 Å². The highest BCUT2D eigenvalue weighted by Gasteiger charge is 2.26. The third-order valence-electron chi connectivity index (χ3n) is 4.15. The maximum absolute atomic E-state index is 12.2. The van der Waals surface area contributed by atoms with Crippen molar-refractivity contribution < 1.29 is 9.59 Å². The average Bonchev–Trinajstić information content (AvgIpc) is 2.58. The first kappa shape index (κ1) is 17.8. The maximum atomic E-state index is 12.2. The van der Waals surface area contributed by atoms with Crippen LogP contribution in [-0.2, 0) is 4.79 Å². The molecule has 0 radical (unpaired) electrons. The molecule has 1 unspecified atom stereocenters. The van der Waals surface area contributed by atoms with Gasteiger partial charge in [0, 0.05) is 13.1 Å². The SMILES string of the molecule is CCN1CCCCC1C(=O)NCCNC(=O)c1ccccc1Cl. The lowest BCUT2D eigenvalue weighted by Crippen LogP contribution is -2.50. The van der Waals surface area contributed by atoms with Crippen molar-refractivity contribution in [1.82, 2.24) is 15.5 Å². The van der Waals surface area contributed by atoms with Crippen LogP contribution in [0.1, 0.15) is 36.5 Å². The zero-order valence-corrected chi connectivity index (χ0v) is 14.2. The van der Waals surface area contributed by atoms with Gasteiger partial charge in [0.25, 0.3) is 5.91 Å². The number of likely N-dealkylation sites (tertiary alicyclic amines) is 1. The Kier molecular flexibility index (Phi) is 6.86. The lowest BCUT2D eigenvalue weighted by molar-refractivity contribution is -0.127. The van der Waals surface area contributed by atoms with Crippen LogP contribution in [0.4, 0.5) is 0 Å². The van der Waals surface area contributed by atoms with Gasteiger partial charge in [0.05, 0.1) is 16.6 Å². The molecule has 2 rings (SSSR count). The van der Waals surface area contributed by atoms with Gasteiger partial charge in [-0.25, -0.2) is 0 Å². The van der Waals surface area contributed by atoms with Gasteiger partial charge in [0.2, 0.25) is 5.91 Å². The van der Waals surface area contributed by atoms with Crippen molar-refractivity contribution in [1.29, 1.82) is 0 Å². The Morgan fingerprint density at radius 1 is 1.22 bits per heavy atom. The molecule has 1 atom stereocenters. The lowest BCUT2D eigenvalue weighted by Gasteiger charge is -2.33. The number of piperidine rings is 1. The first-order valence-corrected chi connectivity index (χ1v) is 8.55. The van der Waals surface area contributed by atoms with Crippen molar-refractivity contribution in [3.05, 3.63) is 34.9 Å². The fraction of sp³-hybridized carbons (Fsp3) is 0.529. The Labute approximate surface area is 142 Å². The van der Waals surface area contributed by atoms with Gasteiger partial charge in [0.1, 0.15) is 0 Å². The average molecular weight is 338 g/mol. The second-order valence-corrected chi connectivity index (χ2v) is 6.07. The molecule has 1 fully saturated rings. The molecule has 0 bridgehead atoms. The topological polar surface area (TPSA) is 61.4 Å². The number of hydrogen-bond acceptors (Lipinski definition) is 3. The summed E-state index contributed by atoms with van der Waals surface area (Å²) in [6.07, 6.45) is 3.16. The molecule has 23 heavy (non-hydrogen) atoms. The van der Waals surface area contributed by atoms with E-state index in [9.17, 15) is 9.59 Å². The molecule has 1 aliphatic rings. The quantitative estimate of drug-likeness (QED) is 0.781. The monoisotopic (exact) mass is 337 g/mol. The van der Waals surface area contributed by atoms with E-state index < -0.39 is 0 Å². The van der Waals surface area contributed by atoms with Crippen LogP contribution >= 0.6 is 11.6 Å². The summed E-state index contributed by atoms with van der Waals surface area (Å²) in [5.74, 6) is -0.170. The van der Waals surface area contributed by atoms with Gasteiger partial charge in [-0.1, -0.05) is 37.1 Å². The number of benzene rings is 1. The highest BCUT2D eigenvalue weighted by atomic mass is 35.5. The molecule has 6 heteroatoms. The summed E-state index contributed by atoms with van der Waals surface area (Å²) < 4.78 is 0. The number of carbonyl (C=O) groups is 2. The van der Waals surface area contributed by atoms with E-state index in [-0.39, 0.29) is 17.9 Å². The first-order valence-electron chi connectivity index (χ1n) is 8.18. The first-order chi connectivity index (χ1) is 11.1. The van der Waals surface area contributed by atoms with Crippen molar-refractivity contribution in [3.8, 4) is 0 Å². The Morgan fingerprint density at radius 3 is 2.70 bits per heavy atom. The van der Waals surface area contributed by atoms with Crippen molar-refractivity contribution in [2.75, 3.05) is 26.2 Å². The van der Waals surface area contributed by atoms with E-state index in [2.05, 4.69) is 22.5 Å². The largest absolute Gasteiger partial charge is 0.353 e. The summed E-state index contributed by atoms with van der Waals surface area (Å²) in [6, 6.07) is 6.87. The van der Waals surface area contributed by atoms with Crippen molar-refractivity contribution in [3.63, 3.8) is 0 Å². The molecule has 1 saturated heterocycles. The highest BCUT2D eigenvalue weighted by Crippen LogP contribution is 2.16. The lowest BCUT2D eigenvalue weighted by atomic mass is 10.0. The summed E-state index contributed by atoms with van der Waals surface area (Å²) in [5.41, 5.74) is 0.449. The van der Waals surface area contributed by atoms with Gasteiger partial charge in [0.15, 0.2) is 0 Å². The van der Waals surface area contributed by atoms with Gasteiger partial charge < -0.3 is 10.6 Å². The van der Waals surface area contributed by atoms with Crippen LogP contribution in [0.5, 0.6) is 0 Å². The molecule has 1 heterocycles. The van der Waals surface area contributed by atoms with E-state index in [0.29, 0.717) is 23.7 Å². The summed E-state index contributed by atoms with van der Waals surface area (Å²) in [5, 5.41) is 6.11. The fourth-order valence-corrected chi connectivity index (χ4v) is 3.11. The minimum absolute atomic E-state index is 0.0342. The van der Waals surface area contributed by atoms with Crippen LogP contribution in [-0.4, -0.2) is 48.9 Å². The predicted molar refractivity (Wildman–Crippen MR) is 91.7 cm³/mol. The van der Waals surface area contributed by atoms with Gasteiger partial charge in [-0.2, -0.15) is 0 Å². The third kappa shape index (κ3) is 4.94. The summed E-state index contributed by atoms with van der Waals surface area (Å²) in [7, 11) is 0. The van der Waals surface area contributed by atoms with Crippen molar-refractivity contribution in [2.24, 2.45) is 0 Å². The van der Waals surface area contributed by atoms with E-state index in [1.54, 1.807) is 24.3 Å². The van der Waals surface area contributed by atoms with Crippen LogP contribution in [0.15, 0.2) is 24.3 Å². The second kappa shape index (κ2) is 8.89. The molecule has 0 aliphatic carbocycles. The molecule has 0 aromatic heterocycles. The normalized spacial score (nSPS) is 18.4. The third-order valence-corrected chi connectivity index (χ3v) is 4.48. The Bertz CT molecular complexity index is 550. The standard InChI is InChI=1S/C17H24ClN3O2/c1-2-21-12-6-5-9-15(21)17(23)20-11-10-19-16(22)13-7-3-4-8-14(13)18/h3-4,7-8,15H,2,5-6,9-12H2,1H3,(H,19,22)(H,20,23). The molecule has 5 nitrogen and oxygen atoms in total. The van der Waals surface area contributed by atoms with Gasteiger partial charge in [-0.05, 0) is 38.1 Å². The Balaban J connectivity index is 1.73. The molecule has 2 amide bonds. The second-order valence-electron chi connectivity index (χ2n) is 5.67. The molecule has 126 valence electrons. The Morgan fingerprint density at radius 2 is 1.96 bits per heavy atom. The minimum Gasteiger partial charge on any atom is -0.353 e. The number of likely N-dealkylation sites (N-methyl/N-ethyl adjacent to an activating group) is 1. The molecule has 0 spiro atoms. The zero-order valence-electron chi connectivity index (χ0n) is 13.5. The van der Waals surface area contributed by atoms with Crippen molar-refractivity contribution >= 4 is 23.4 Å². The summed E-state index contributed by atoms with van der Waals surface area (Å²) in [4.78, 5) is 26.5. The van der Waals surface area contributed by atoms with E-state index in [1.165, 1.54) is 0 Å². The van der Waals surface area contributed by atoms with Gasteiger partial charge >= 0.3 is 0 Å². The van der Waals surface area contributed by atoms with Crippen LogP contribution in [0.25, 0.3) is 0 Å². The molecule has 0 saturated carbocycles. The highest BCUT2D eigenvalue weighted by molar-refractivity contribution is 6.33. The van der Waals surface area contributed by atoms with Crippen molar-refractivity contribution in [2.45, 2.75) is 32.2 Å². The van der Waals surface area contributed by atoms with Crippen LogP contribution in [0, 0.1) is 0 Å². The van der Waals surface area contributed by atoms with Crippen LogP contribution in [0.2, 0.25) is 5.02 Å². The number of nitrogens with one attached hydrogen (secondary N) is 2. The minimum atomic E-state index is -0.224. The number of halogens is 1. The summed E-state index contributed by atoms with van der Waals surface area (Å²) >= 11 is 5.98. The number of rotatable bonds is 6. The number of hydrogen-bond donors (Lipinski definition) is 2. The number of nitrogens with zero attached hydrogens (tertiary/aromatic N) is 1. The van der Waals surface area contributed by atoms with Crippen LogP contribution < -0.4 is 10.6 Å². The summed E-state index contributed by atoms with van der Waals surface area (Å²) in [6.45, 7) is 4.76. The van der Waals surface area contributed by atoms with E-state index >= 15 is 0 Å². The van der Waals surface area contributed by atoms with E-state index in [0.717, 1.165) is 32.4 Å². The number of carbonyl (C=O) groups excluding carboxylic acids is 2. The number of amides is 2. The maximum Gasteiger partial charge on any atom is 0.252 e. The molecular weight excluding hydrogens is 314 g/mol. The molecule has 1 aromatic rings. The molecular formula is C17H24ClN3O2. The molecule has 1 aromatic carbocycles. The van der Waals surface area contributed by atoms with Gasteiger partial charge in [-0.15, -0.1) is 0 Å². The van der Waals surface area contributed by atoms with E-state index in [1.807, 2.05) is 0 Å². The van der Waals surface area contributed by atoms with E-state index in [4.69, 9.17) is 11.6 Å². The predicted octanol–water partition coefficient (Wildman–Crippen LogP) is 2.06. The molecule has 1 aliphatic heterocycles. The van der Waals surface area contributed by atoms with Crippen LogP contribution in [0.3, 0.4) is 0 Å². The Hall–Kier alpha value is -1.59. The smallest absolute Gasteiger partial charge is 0.252 e. The fourth-order valence-electron chi connectivity index (χ4n) is 2.89. The molecule has 2 N–H and O–H groups in total. The zero-order chi connectivity index (χ0) is 16.7.